The smallest absolute Gasteiger partial charge is 0.416 e. The van der Waals surface area contributed by atoms with Crippen LogP contribution in [0.1, 0.15) is 5.56 Å². The maximum atomic E-state index is 14.1. The van der Waals surface area contributed by atoms with Gasteiger partial charge in [-0.1, -0.05) is 6.08 Å². The zero-order chi connectivity index (χ0) is 20.4. The molecule has 1 aromatic rings. The van der Waals surface area contributed by atoms with Crippen molar-refractivity contribution in [2.75, 3.05) is 19.1 Å². The molecule has 0 radical (unpaired) electrons. The highest BCUT2D eigenvalue weighted by Crippen LogP contribution is 2.39. The van der Waals surface area contributed by atoms with Gasteiger partial charge in [-0.15, -0.1) is 0 Å². The van der Waals surface area contributed by atoms with E-state index in [1.807, 2.05) is 0 Å². The number of benzene rings is 1. The minimum Gasteiger partial charge on any atom is -0.465 e. The summed E-state index contributed by atoms with van der Waals surface area (Å²) in [7, 11) is 2.10. The zero-order valence-corrected chi connectivity index (χ0v) is 15.5. The van der Waals surface area contributed by atoms with Gasteiger partial charge in [-0.2, -0.15) is 13.2 Å². The van der Waals surface area contributed by atoms with E-state index in [0.29, 0.717) is 12.1 Å². The summed E-state index contributed by atoms with van der Waals surface area (Å²) in [6.45, 7) is 0. The molecule has 0 spiro atoms. The Morgan fingerprint density at radius 1 is 1.07 bits per heavy atom. The number of rotatable bonds is 3. The summed E-state index contributed by atoms with van der Waals surface area (Å²) in [5, 5.41) is 0. The van der Waals surface area contributed by atoms with Crippen LogP contribution in [-0.4, -0.2) is 26.2 Å². The molecule has 5 nitrogen and oxygen atoms in total. The molecule has 1 aliphatic rings. The van der Waals surface area contributed by atoms with E-state index in [9.17, 15) is 27.2 Å². The molecule has 0 N–H and O–H groups in total. The molecule has 1 aromatic carbocycles. The number of allylic oxidation sites excluding steroid dienone is 2. The van der Waals surface area contributed by atoms with Crippen LogP contribution in [0.3, 0.4) is 0 Å². The number of alkyl halides is 3. The van der Waals surface area contributed by atoms with Crippen LogP contribution >= 0.6 is 15.9 Å². The van der Waals surface area contributed by atoms with Crippen molar-refractivity contribution in [2.24, 2.45) is 0 Å². The minimum absolute atomic E-state index is 0.279. The lowest BCUT2D eigenvalue weighted by molar-refractivity contribution is -0.139. The van der Waals surface area contributed by atoms with Crippen LogP contribution in [-0.2, 0) is 25.2 Å². The second kappa shape index (κ2) is 7.95. The molecule has 0 aliphatic carbocycles. The topological polar surface area (TPSA) is 55.8 Å². The summed E-state index contributed by atoms with van der Waals surface area (Å²) in [6.07, 6.45) is 0.311. The highest BCUT2D eigenvalue weighted by molar-refractivity contribution is 9.10. The van der Waals surface area contributed by atoms with E-state index < -0.39 is 35.2 Å². The van der Waals surface area contributed by atoms with E-state index in [2.05, 4.69) is 25.4 Å². The summed E-state index contributed by atoms with van der Waals surface area (Å²) in [6, 6.07) is 0.955. The standard InChI is InChI=1S/C17H12BrF4NO4/c1-26-15(24)10-5-3-4-6-23(14(10)16(25)27-2)12-8-9(17(20,21)22)7-11(19)13(12)18/h3-8H,1-2H3. The molecule has 2 rings (SSSR count). The van der Waals surface area contributed by atoms with Gasteiger partial charge in [0.2, 0.25) is 0 Å². The molecule has 1 heterocycles. The van der Waals surface area contributed by atoms with E-state index in [1.54, 1.807) is 0 Å². The number of carbonyl (C=O) groups is 2. The first-order chi connectivity index (χ1) is 12.6. The molecule has 0 amide bonds. The van der Waals surface area contributed by atoms with Crippen molar-refractivity contribution in [1.82, 2.24) is 0 Å². The molecule has 0 saturated carbocycles. The van der Waals surface area contributed by atoms with Crippen molar-refractivity contribution in [2.45, 2.75) is 6.18 Å². The van der Waals surface area contributed by atoms with E-state index in [-0.39, 0.29) is 15.7 Å². The third kappa shape index (κ3) is 4.21. The van der Waals surface area contributed by atoms with Gasteiger partial charge in [0.05, 0.1) is 35.5 Å². The molecular weight excluding hydrogens is 438 g/mol. The molecule has 1 aliphatic heterocycles. The van der Waals surface area contributed by atoms with Crippen LogP contribution in [0.5, 0.6) is 0 Å². The predicted molar refractivity (Wildman–Crippen MR) is 90.9 cm³/mol. The molecule has 0 aromatic heterocycles. The van der Waals surface area contributed by atoms with Crippen molar-refractivity contribution < 1.29 is 36.6 Å². The highest BCUT2D eigenvalue weighted by Gasteiger charge is 2.35. The molecule has 0 unspecified atom stereocenters. The molecule has 144 valence electrons. The number of halogens is 5. The average Bonchev–Trinajstić information content (AvgIpc) is 2.84. The molecule has 0 fully saturated rings. The summed E-state index contributed by atoms with van der Waals surface area (Å²) in [5.41, 5.74) is -2.34. The van der Waals surface area contributed by atoms with E-state index in [1.165, 1.54) is 24.4 Å². The molecule has 10 heteroatoms. The second-order valence-electron chi connectivity index (χ2n) is 5.11. The lowest BCUT2D eigenvalue weighted by Crippen LogP contribution is -2.27. The van der Waals surface area contributed by atoms with Crippen molar-refractivity contribution in [3.63, 3.8) is 0 Å². The van der Waals surface area contributed by atoms with Gasteiger partial charge in [-0.25, -0.2) is 14.0 Å². The number of methoxy groups -OCH3 is 2. The third-order valence-corrected chi connectivity index (χ3v) is 4.27. The van der Waals surface area contributed by atoms with Gasteiger partial charge in [0, 0.05) is 6.20 Å². The van der Waals surface area contributed by atoms with Crippen LogP contribution < -0.4 is 4.90 Å². The van der Waals surface area contributed by atoms with E-state index in [4.69, 9.17) is 0 Å². The molecule has 27 heavy (non-hydrogen) atoms. The van der Waals surface area contributed by atoms with Gasteiger partial charge >= 0.3 is 18.1 Å². The van der Waals surface area contributed by atoms with Crippen LogP contribution in [0, 0.1) is 5.82 Å². The Kier molecular flexibility index (Phi) is 6.09. The Bertz CT molecular complexity index is 874. The Morgan fingerprint density at radius 2 is 1.70 bits per heavy atom. The monoisotopic (exact) mass is 449 g/mol. The van der Waals surface area contributed by atoms with E-state index in [0.717, 1.165) is 19.1 Å². The second-order valence-corrected chi connectivity index (χ2v) is 5.90. The predicted octanol–water partition coefficient (Wildman–Crippen LogP) is 4.10. The Morgan fingerprint density at radius 3 is 2.26 bits per heavy atom. The summed E-state index contributed by atoms with van der Waals surface area (Å²) in [4.78, 5) is 25.2. The molecule has 0 saturated heterocycles. The molecule has 0 bridgehead atoms. The van der Waals surface area contributed by atoms with Crippen molar-refractivity contribution in [3.8, 4) is 0 Å². The number of carbonyl (C=O) groups excluding carboxylic acids is 2. The SMILES string of the molecule is COC(=O)C1=C(C(=O)OC)N(c2cc(C(F)(F)F)cc(F)c2Br)C=CC=C1. The van der Waals surface area contributed by atoms with Crippen LogP contribution in [0.2, 0.25) is 0 Å². The van der Waals surface area contributed by atoms with Crippen molar-refractivity contribution >= 4 is 33.6 Å². The van der Waals surface area contributed by atoms with Crippen LogP contribution in [0.4, 0.5) is 23.2 Å². The fourth-order valence-corrected chi connectivity index (χ4v) is 2.68. The van der Waals surface area contributed by atoms with Gasteiger partial charge in [-0.05, 0) is 40.2 Å². The Hall–Kier alpha value is -2.62. The van der Waals surface area contributed by atoms with Crippen molar-refractivity contribution in [1.29, 1.82) is 0 Å². The third-order valence-electron chi connectivity index (χ3n) is 3.49. The Balaban J connectivity index is 2.80. The van der Waals surface area contributed by atoms with Crippen molar-refractivity contribution in [3.05, 3.63) is 63.7 Å². The minimum atomic E-state index is -4.83. The number of esters is 2. The van der Waals surface area contributed by atoms with Gasteiger partial charge in [0.1, 0.15) is 11.5 Å². The highest BCUT2D eigenvalue weighted by atomic mass is 79.9. The van der Waals surface area contributed by atoms with Gasteiger partial charge in [-0.3, -0.25) is 0 Å². The first kappa shape index (κ1) is 20.7. The largest absolute Gasteiger partial charge is 0.465 e. The maximum absolute atomic E-state index is 14.1. The number of ether oxygens (including phenoxy) is 2. The number of hydrogen-bond acceptors (Lipinski definition) is 5. The number of hydrogen-bond donors (Lipinski definition) is 0. The molecule has 0 atom stereocenters. The fourth-order valence-electron chi connectivity index (χ4n) is 2.26. The van der Waals surface area contributed by atoms with Crippen LogP contribution in [0.25, 0.3) is 0 Å². The Labute approximate surface area is 159 Å². The zero-order valence-electron chi connectivity index (χ0n) is 13.9. The average molecular weight is 450 g/mol. The lowest BCUT2D eigenvalue weighted by atomic mass is 10.1. The van der Waals surface area contributed by atoms with Gasteiger partial charge in [0.15, 0.2) is 0 Å². The van der Waals surface area contributed by atoms with Gasteiger partial charge in [0.25, 0.3) is 0 Å². The number of anilines is 1. The maximum Gasteiger partial charge on any atom is 0.416 e. The summed E-state index contributed by atoms with van der Waals surface area (Å²) < 4.78 is 62.3. The first-order valence-corrected chi connectivity index (χ1v) is 8.02. The fraction of sp³-hybridized carbons (Fsp3) is 0.176. The van der Waals surface area contributed by atoms with E-state index >= 15 is 0 Å². The van der Waals surface area contributed by atoms with Gasteiger partial charge < -0.3 is 14.4 Å². The normalized spacial score (nSPS) is 14.3. The first-order valence-electron chi connectivity index (χ1n) is 7.23. The summed E-state index contributed by atoms with van der Waals surface area (Å²) in [5.74, 6) is -3.16. The lowest BCUT2D eigenvalue weighted by Gasteiger charge is -2.25. The number of nitrogens with zero attached hydrogens (tertiary/aromatic N) is 1. The molecular formula is C17H12BrF4NO4. The summed E-state index contributed by atoms with van der Waals surface area (Å²) >= 11 is 2.89. The van der Waals surface area contributed by atoms with Crippen LogP contribution in [0.15, 0.2) is 52.3 Å². The quantitative estimate of drug-likeness (QED) is 0.513.